The van der Waals surface area contributed by atoms with Crippen molar-refractivity contribution in [1.82, 2.24) is 40.9 Å². The predicted octanol–water partition coefficient (Wildman–Crippen LogP) is -2.59. The Hall–Kier alpha value is -5.96. The van der Waals surface area contributed by atoms with Gasteiger partial charge in [0, 0.05) is 52.4 Å². The maximum atomic E-state index is 12.9. The number of fused-ring (bicyclic) bond motifs is 4. The molecule has 1 heterocycles. The van der Waals surface area contributed by atoms with Crippen LogP contribution in [0.4, 0.5) is 0 Å². The highest BCUT2D eigenvalue weighted by Crippen LogP contribution is 2.07. The van der Waals surface area contributed by atoms with Crippen LogP contribution in [0.1, 0.15) is 22.3 Å². The summed E-state index contributed by atoms with van der Waals surface area (Å²) in [7, 11) is 0. The Bertz CT molecular complexity index is 1490. The van der Waals surface area contributed by atoms with Gasteiger partial charge in [-0.25, -0.2) is 0 Å². The number of carboxylic acid groups (broad SMARTS) is 4. The first-order valence-electron chi connectivity index (χ1n) is 17.6. The molecule has 0 spiro atoms. The second-order valence-corrected chi connectivity index (χ2v) is 13.2. The highest BCUT2D eigenvalue weighted by molar-refractivity contribution is 5.81. The number of hydrogen-bond donors (Lipinski definition) is 8. The fourth-order valence-corrected chi connectivity index (χ4v) is 5.72. The molecule has 4 amide bonds. The van der Waals surface area contributed by atoms with Crippen molar-refractivity contribution in [1.29, 1.82) is 0 Å². The molecule has 0 saturated heterocycles. The van der Waals surface area contributed by atoms with Crippen LogP contribution in [-0.2, 0) is 64.5 Å². The van der Waals surface area contributed by atoms with Crippen molar-refractivity contribution in [3.05, 3.63) is 70.8 Å². The number of rotatable bonds is 8. The van der Waals surface area contributed by atoms with Gasteiger partial charge in [0.25, 0.3) is 0 Å². The molecule has 20 nitrogen and oxygen atoms in total. The van der Waals surface area contributed by atoms with E-state index in [0.29, 0.717) is 22.3 Å². The standard InChI is InChI=1S/C36H48N8O12/c45-29-17-41(21-33(49)50)7-9-43(23-35(53)54)19-31(47)39-15-27-5-2-6-28(12-27)16-40-32(48)20-44(24-36(55)56)10-8-42(22-34(51)52)18-30(46)38-14-26-4-1-3-25(11-26)13-37-29/h1-6,11-12H,7-10,13-24H2,(H,37,45)(H,38,46)(H,39,47)(H,40,48)(H,49,50)(H,51,52)(H,53,54)(H,55,56). The third-order valence-electron chi connectivity index (χ3n) is 8.31. The van der Waals surface area contributed by atoms with Crippen molar-refractivity contribution in [3.8, 4) is 0 Å². The minimum absolute atomic E-state index is 0.0405. The van der Waals surface area contributed by atoms with Gasteiger partial charge >= 0.3 is 23.9 Å². The number of aliphatic carboxylic acids is 4. The molecule has 0 aromatic heterocycles. The van der Waals surface area contributed by atoms with Gasteiger partial charge in [0.15, 0.2) is 0 Å². The van der Waals surface area contributed by atoms with Gasteiger partial charge in [0.05, 0.1) is 52.4 Å². The molecule has 1 aliphatic heterocycles. The van der Waals surface area contributed by atoms with E-state index in [2.05, 4.69) is 21.3 Å². The van der Waals surface area contributed by atoms with E-state index in [0.717, 1.165) is 0 Å². The first-order valence-corrected chi connectivity index (χ1v) is 17.6. The third kappa shape index (κ3) is 18.4. The normalized spacial score (nSPS) is 17.7. The van der Waals surface area contributed by atoms with E-state index in [1.165, 1.54) is 19.6 Å². The number of nitrogens with zero attached hydrogens (tertiary/aromatic N) is 4. The number of nitrogens with one attached hydrogen (secondary N) is 4. The molecule has 0 saturated carbocycles. The van der Waals surface area contributed by atoms with E-state index < -0.39 is 73.7 Å². The van der Waals surface area contributed by atoms with E-state index in [1.54, 1.807) is 48.5 Å². The Labute approximate surface area is 322 Å². The Morgan fingerprint density at radius 3 is 0.839 bits per heavy atom. The summed E-state index contributed by atoms with van der Waals surface area (Å²) in [5.41, 5.74) is 2.65. The first kappa shape index (κ1) is 44.4. The van der Waals surface area contributed by atoms with Gasteiger partial charge in [-0.1, -0.05) is 48.5 Å². The van der Waals surface area contributed by atoms with E-state index in [1.807, 2.05) is 0 Å². The Morgan fingerprint density at radius 1 is 0.429 bits per heavy atom. The molecule has 1 aliphatic rings. The number of hydrogen-bond acceptors (Lipinski definition) is 12. The maximum absolute atomic E-state index is 12.9. The summed E-state index contributed by atoms with van der Waals surface area (Å²) >= 11 is 0. The quantitative estimate of drug-likeness (QED) is 0.136. The molecular weight excluding hydrogens is 736 g/mol. The topological polar surface area (TPSA) is 279 Å². The summed E-state index contributed by atoms with van der Waals surface area (Å²) in [6, 6.07) is 13.8. The molecule has 4 bridgehead atoms. The average Bonchev–Trinajstić information content (AvgIpc) is 3.11. The molecule has 304 valence electrons. The Kier molecular flexibility index (Phi) is 18.3. The lowest BCUT2D eigenvalue weighted by Crippen LogP contribution is -2.46. The van der Waals surface area contributed by atoms with Crippen molar-refractivity contribution >= 4 is 47.5 Å². The monoisotopic (exact) mass is 784 g/mol. The van der Waals surface area contributed by atoms with Gasteiger partial charge in [-0.05, 0) is 22.3 Å². The zero-order valence-corrected chi connectivity index (χ0v) is 30.8. The summed E-state index contributed by atoms with van der Waals surface area (Å²) in [5, 5.41) is 48.7. The fourth-order valence-electron chi connectivity index (χ4n) is 5.72. The second-order valence-electron chi connectivity index (χ2n) is 13.2. The molecule has 0 atom stereocenters. The molecule has 56 heavy (non-hydrogen) atoms. The SMILES string of the molecule is O=C(O)CN1CCN(CC(=O)O)CC(=O)NCc2cccc(c2)CNC(=O)CN(CC(=O)O)CCN(CC(=O)O)CC(=O)NCc2cccc(c2)CNC(=O)C1. The first-order chi connectivity index (χ1) is 26.6. The van der Waals surface area contributed by atoms with Crippen molar-refractivity contribution in [2.24, 2.45) is 0 Å². The minimum atomic E-state index is -1.21. The highest BCUT2D eigenvalue weighted by Gasteiger charge is 2.21. The number of carboxylic acids is 4. The summed E-state index contributed by atoms with van der Waals surface area (Å²) in [5.74, 6) is -6.85. The molecular formula is C36H48N8O12. The zero-order valence-electron chi connectivity index (χ0n) is 30.8. The van der Waals surface area contributed by atoms with Gasteiger partial charge in [-0.2, -0.15) is 0 Å². The Balaban J connectivity index is 1.81. The van der Waals surface area contributed by atoms with Gasteiger partial charge in [-0.15, -0.1) is 0 Å². The third-order valence-corrected chi connectivity index (χ3v) is 8.31. The molecule has 8 N–H and O–H groups in total. The van der Waals surface area contributed by atoms with Crippen LogP contribution in [0.25, 0.3) is 0 Å². The van der Waals surface area contributed by atoms with Crippen molar-refractivity contribution in [2.45, 2.75) is 26.2 Å². The van der Waals surface area contributed by atoms with E-state index in [-0.39, 0.29) is 78.5 Å². The smallest absolute Gasteiger partial charge is 0.317 e. The van der Waals surface area contributed by atoms with Gasteiger partial charge in [0.2, 0.25) is 23.6 Å². The predicted molar refractivity (Wildman–Crippen MR) is 197 cm³/mol. The molecule has 2 aromatic rings. The summed E-state index contributed by atoms with van der Waals surface area (Å²) in [4.78, 5) is 103. The number of carbonyl (C=O) groups excluding carboxylic acids is 4. The van der Waals surface area contributed by atoms with Crippen LogP contribution < -0.4 is 21.3 Å². The molecule has 20 heteroatoms. The summed E-state index contributed by atoms with van der Waals surface area (Å²) in [6.45, 7) is -3.29. The van der Waals surface area contributed by atoms with Crippen LogP contribution in [-0.4, -0.2) is 166 Å². The number of benzene rings is 2. The van der Waals surface area contributed by atoms with Crippen LogP contribution in [0.2, 0.25) is 0 Å². The summed E-state index contributed by atoms with van der Waals surface area (Å²) < 4.78 is 0. The van der Waals surface area contributed by atoms with Crippen LogP contribution in [0.15, 0.2) is 48.5 Å². The second kappa shape index (κ2) is 23.1. The van der Waals surface area contributed by atoms with E-state index in [4.69, 9.17) is 0 Å². The minimum Gasteiger partial charge on any atom is -0.480 e. The maximum Gasteiger partial charge on any atom is 0.317 e. The van der Waals surface area contributed by atoms with Gasteiger partial charge < -0.3 is 41.7 Å². The zero-order chi connectivity index (χ0) is 41.0. The average molecular weight is 785 g/mol. The fraction of sp³-hybridized carbons (Fsp3) is 0.444. The Morgan fingerprint density at radius 2 is 0.643 bits per heavy atom. The molecule has 3 rings (SSSR count). The van der Waals surface area contributed by atoms with Crippen molar-refractivity contribution < 1.29 is 58.8 Å². The molecule has 0 radical (unpaired) electrons. The lowest BCUT2D eigenvalue weighted by atomic mass is 10.1. The van der Waals surface area contributed by atoms with Crippen LogP contribution in [0.3, 0.4) is 0 Å². The van der Waals surface area contributed by atoms with Crippen molar-refractivity contribution in [2.75, 3.05) is 78.5 Å². The van der Waals surface area contributed by atoms with E-state index >= 15 is 0 Å². The van der Waals surface area contributed by atoms with Crippen LogP contribution >= 0.6 is 0 Å². The van der Waals surface area contributed by atoms with Gasteiger partial charge in [0.1, 0.15) is 0 Å². The molecule has 0 fully saturated rings. The van der Waals surface area contributed by atoms with Gasteiger partial charge in [-0.3, -0.25) is 58.0 Å². The highest BCUT2D eigenvalue weighted by atomic mass is 16.4. The van der Waals surface area contributed by atoms with Crippen LogP contribution in [0.5, 0.6) is 0 Å². The van der Waals surface area contributed by atoms with Crippen LogP contribution in [0, 0.1) is 0 Å². The number of amides is 4. The van der Waals surface area contributed by atoms with Crippen molar-refractivity contribution in [3.63, 3.8) is 0 Å². The molecule has 0 aliphatic carbocycles. The summed E-state index contributed by atoms with van der Waals surface area (Å²) in [6.07, 6.45) is 0. The lowest BCUT2D eigenvalue weighted by molar-refractivity contribution is -0.141. The lowest BCUT2D eigenvalue weighted by Gasteiger charge is -2.25. The van der Waals surface area contributed by atoms with E-state index in [9.17, 15) is 58.8 Å². The largest absolute Gasteiger partial charge is 0.480 e. The molecule has 2 aromatic carbocycles. The molecule has 0 unspecified atom stereocenters. The number of carbonyl (C=O) groups is 8.